The highest BCUT2D eigenvalue weighted by Gasteiger charge is 2.16. The van der Waals surface area contributed by atoms with Crippen LogP contribution < -0.4 is 5.84 Å². The molecule has 0 spiro atoms. The number of hydrogen-bond acceptors (Lipinski definition) is 5. The maximum atomic E-state index is 9.18. The van der Waals surface area contributed by atoms with E-state index in [9.17, 15) is 5.11 Å². The Morgan fingerprint density at radius 2 is 1.76 bits per heavy atom. The van der Waals surface area contributed by atoms with E-state index in [4.69, 9.17) is 16.1 Å². The van der Waals surface area contributed by atoms with Gasteiger partial charge in [-0.3, -0.25) is 0 Å². The molecule has 0 amide bonds. The SMILES string of the molecule is N/N=C1\C=CC(=[N+](CCO)CCO)C=C1CO. The largest absolute Gasteiger partial charge is 0.392 e. The molecule has 17 heavy (non-hydrogen) atoms. The van der Waals surface area contributed by atoms with Crippen LogP contribution >= 0.6 is 0 Å². The fourth-order valence-electron chi connectivity index (χ4n) is 1.63. The first-order chi connectivity index (χ1) is 8.26. The maximum absolute atomic E-state index is 9.18. The van der Waals surface area contributed by atoms with Crippen LogP contribution in [0.15, 0.2) is 28.9 Å². The van der Waals surface area contributed by atoms with Crippen molar-refractivity contribution in [2.45, 2.75) is 0 Å². The third-order valence-electron chi connectivity index (χ3n) is 2.48. The minimum absolute atomic E-state index is 0.00251. The molecule has 0 bridgehead atoms. The lowest BCUT2D eigenvalue weighted by Crippen LogP contribution is -2.27. The van der Waals surface area contributed by atoms with Gasteiger partial charge in [-0.05, 0) is 6.08 Å². The van der Waals surface area contributed by atoms with E-state index in [1.807, 2.05) is 4.58 Å². The number of aliphatic hydroxyl groups is 3. The van der Waals surface area contributed by atoms with Crippen molar-refractivity contribution in [3.8, 4) is 0 Å². The van der Waals surface area contributed by atoms with Crippen LogP contribution in [0.2, 0.25) is 0 Å². The average Bonchev–Trinajstić information content (AvgIpc) is 2.37. The summed E-state index contributed by atoms with van der Waals surface area (Å²) in [5.41, 5.74) is 1.96. The molecule has 0 aromatic carbocycles. The normalized spacial score (nSPS) is 17.5. The van der Waals surface area contributed by atoms with Crippen LogP contribution in [0, 0.1) is 0 Å². The first-order valence-corrected chi connectivity index (χ1v) is 5.38. The highest BCUT2D eigenvalue weighted by Crippen LogP contribution is 2.06. The van der Waals surface area contributed by atoms with E-state index >= 15 is 0 Å². The second-order valence-corrected chi connectivity index (χ2v) is 3.53. The molecule has 0 unspecified atom stereocenters. The zero-order valence-electron chi connectivity index (χ0n) is 9.58. The van der Waals surface area contributed by atoms with Crippen molar-refractivity contribution < 1.29 is 19.9 Å². The quantitative estimate of drug-likeness (QED) is 0.198. The van der Waals surface area contributed by atoms with Crippen molar-refractivity contribution in [3.63, 3.8) is 0 Å². The molecule has 0 heterocycles. The molecule has 0 aliphatic heterocycles. The second-order valence-electron chi connectivity index (χ2n) is 3.53. The van der Waals surface area contributed by atoms with Gasteiger partial charge in [0.05, 0.1) is 12.3 Å². The number of nitrogens with zero attached hydrogens (tertiary/aromatic N) is 2. The third-order valence-corrected chi connectivity index (χ3v) is 2.48. The van der Waals surface area contributed by atoms with Crippen molar-refractivity contribution in [3.05, 3.63) is 23.8 Å². The van der Waals surface area contributed by atoms with Gasteiger partial charge in [0, 0.05) is 17.7 Å². The van der Waals surface area contributed by atoms with Gasteiger partial charge in [-0.1, -0.05) is 0 Å². The summed E-state index contributed by atoms with van der Waals surface area (Å²) in [6.45, 7) is 0.681. The Morgan fingerprint density at radius 3 is 2.24 bits per heavy atom. The summed E-state index contributed by atoms with van der Waals surface area (Å²) in [4.78, 5) is 0. The summed E-state index contributed by atoms with van der Waals surface area (Å²) < 4.78 is 1.82. The fourth-order valence-corrected chi connectivity index (χ4v) is 1.63. The Morgan fingerprint density at radius 1 is 1.12 bits per heavy atom. The van der Waals surface area contributed by atoms with Gasteiger partial charge in [0.25, 0.3) is 0 Å². The van der Waals surface area contributed by atoms with Crippen molar-refractivity contribution >= 4 is 11.4 Å². The van der Waals surface area contributed by atoms with Crippen molar-refractivity contribution in [2.24, 2.45) is 10.9 Å². The van der Waals surface area contributed by atoms with Gasteiger partial charge >= 0.3 is 0 Å². The first kappa shape index (κ1) is 13.6. The van der Waals surface area contributed by atoms with Crippen molar-refractivity contribution in [2.75, 3.05) is 32.9 Å². The molecule has 0 aromatic heterocycles. The topological polar surface area (TPSA) is 102 Å². The molecule has 0 atom stereocenters. The summed E-state index contributed by atoms with van der Waals surface area (Å²) in [5, 5.41) is 30.6. The van der Waals surface area contributed by atoms with Crippen LogP contribution in [0.25, 0.3) is 0 Å². The number of hydrazone groups is 1. The monoisotopic (exact) mass is 240 g/mol. The Balaban J connectivity index is 3.05. The molecule has 0 saturated heterocycles. The zero-order chi connectivity index (χ0) is 12.7. The van der Waals surface area contributed by atoms with E-state index in [2.05, 4.69) is 5.10 Å². The van der Waals surface area contributed by atoms with Gasteiger partial charge < -0.3 is 21.2 Å². The fraction of sp³-hybridized carbons (Fsp3) is 0.455. The van der Waals surface area contributed by atoms with Gasteiger partial charge in [-0.15, -0.1) is 0 Å². The van der Waals surface area contributed by atoms with E-state index < -0.39 is 0 Å². The smallest absolute Gasteiger partial charge is 0.200 e. The molecule has 6 heteroatoms. The lowest BCUT2D eigenvalue weighted by Gasteiger charge is -2.10. The molecule has 6 nitrogen and oxygen atoms in total. The van der Waals surface area contributed by atoms with Crippen molar-refractivity contribution in [1.82, 2.24) is 0 Å². The predicted molar refractivity (Wildman–Crippen MR) is 65.1 cm³/mol. The van der Waals surface area contributed by atoms with E-state index in [0.717, 1.165) is 5.71 Å². The Bertz CT molecular complexity index is 375. The van der Waals surface area contributed by atoms with E-state index in [1.54, 1.807) is 18.2 Å². The molecular weight excluding hydrogens is 222 g/mol. The lowest BCUT2D eigenvalue weighted by atomic mass is 10.0. The first-order valence-electron chi connectivity index (χ1n) is 5.38. The molecule has 0 aromatic rings. The summed E-state index contributed by atoms with van der Waals surface area (Å²) in [6, 6.07) is 0. The van der Waals surface area contributed by atoms with Gasteiger partial charge in [-0.25, -0.2) is 4.58 Å². The highest BCUT2D eigenvalue weighted by molar-refractivity contribution is 6.20. The Kier molecular flexibility index (Phi) is 5.55. The van der Waals surface area contributed by atoms with Crippen LogP contribution in [0.5, 0.6) is 0 Å². The molecule has 0 saturated carbocycles. The molecule has 5 N–H and O–H groups in total. The van der Waals surface area contributed by atoms with Gasteiger partial charge in [0.15, 0.2) is 13.1 Å². The van der Waals surface area contributed by atoms with E-state index in [0.29, 0.717) is 24.4 Å². The number of nitrogens with two attached hydrogens (primary N) is 1. The lowest BCUT2D eigenvalue weighted by molar-refractivity contribution is -0.530. The molecular formula is C11H18N3O3+. The minimum atomic E-state index is -0.157. The molecule has 1 aliphatic rings. The molecule has 0 radical (unpaired) electrons. The van der Waals surface area contributed by atoms with Crippen LogP contribution in [-0.2, 0) is 0 Å². The zero-order valence-corrected chi connectivity index (χ0v) is 9.58. The van der Waals surface area contributed by atoms with Crippen LogP contribution in [-0.4, -0.2) is 64.2 Å². The van der Waals surface area contributed by atoms with Gasteiger partial charge in [0.2, 0.25) is 5.71 Å². The standard InChI is InChI=1S/C11H17N3O3/c12-13-11-2-1-10(7-9(11)8-17)14(3-5-15)4-6-16/h1-2,7,12,15-17H,3-6,8H2/p+1. The summed E-state index contributed by atoms with van der Waals surface area (Å²) in [6.07, 6.45) is 5.23. The summed E-state index contributed by atoms with van der Waals surface area (Å²) in [7, 11) is 0. The number of rotatable bonds is 5. The van der Waals surface area contributed by atoms with Gasteiger partial charge in [0.1, 0.15) is 13.2 Å². The van der Waals surface area contributed by atoms with Crippen LogP contribution in [0.1, 0.15) is 0 Å². The maximum Gasteiger partial charge on any atom is 0.200 e. The molecule has 94 valence electrons. The third kappa shape index (κ3) is 3.48. The number of aliphatic hydroxyl groups excluding tert-OH is 3. The molecule has 0 fully saturated rings. The van der Waals surface area contributed by atoms with Crippen LogP contribution in [0.3, 0.4) is 0 Å². The number of hydrogen-bond donors (Lipinski definition) is 4. The predicted octanol–water partition coefficient (Wildman–Crippen LogP) is -1.77. The molecule has 1 rings (SSSR count). The average molecular weight is 240 g/mol. The van der Waals surface area contributed by atoms with E-state index in [1.165, 1.54) is 0 Å². The number of allylic oxidation sites excluding steroid dienone is 3. The van der Waals surface area contributed by atoms with Crippen molar-refractivity contribution in [1.29, 1.82) is 0 Å². The second kappa shape index (κ2) is 6.95. The Hall–Kier alpha value is -1.50. The minimum Gasteiger partial charge on any atom is -0.392 e. The highest BCUT2D eigenvalue weighted by atomic mass is 16.3. The summed E-state index contributed by atoms with van der Waals surface area (Å²) >= 11 is 0. The van der Waals surface area contributed by atoms with Gasteiger partial charge in [-0.2, -0.15) is 5.10 Å². The molecule has 1 aliphatic carbocycles. The Labute approximate surface area is 99.7 Å². The summed E-state index contributed by atoms with van der Waals surface area (Å²) in [5.74, 6) is 5.19. The van der Waals surface area contributed by atoms with Crippen LogP contribution in [0.4, 0.5) is 0 Å². The van der Waals surface area contributed by atoms with E-state index in [-0.39, 0.29) is 19.8 Å².